The highest BCUT2D eigenvalue weighted by Crippen LogP contribution is 2.30. The van der Waals surface area contributed by atoms with Gasteiger partial charge in [-0.2, -0.15) is 0 Å². The van der Waals surface area contributed by atoms with E-state index in [9.17, 15) is 0 Å². The third-order valence-corrected chi connectivity index (χ3v) is 1.38. The van der Waals surface area contributed by atoms with Gasteiger partial charge in [0.15, 0.2) is 0 Å². The minimum Gasteiger partial charge on any atom is -0.319 e. The molecule has 4 N–H and O–H groups in total. The van der Waals surface area contributed by atoms with E-state index in [2.05, 4.69) is 5.32 Å². The maximum absolute atomic E-state index is 8.30. The summed E-state index contributed by atoms with van der Waals surface area (Å²) >= 11 is 0. The summed E-state index contributed by atoms with van der Waals surface area (Å²) in [5.74, 6) is 0.00347. The van der Waals surface area contributed by atoms with Crippen LogP contribution in [0.15, 0.2) is 0 Å². The Labute approximate surface area is 63.8 Å². The molecule has 0 rings (SSSR count). The SMILES string of the molecule is CC.CNCCS(O)(O)O. The third kappa shape index (κ3) is 15.7. The molecule has 0 spiro atoms. The monoisotopic (exact) mass is 171 g/mol. The third-order valence-electron chi connectivity index (χ3n) is 0.626. The number of nitrogens with one attached hydrogen (secondary N) is 1. The standard InChI is InChI=1S/C3H11NO3S.C2H6/c1-4-2-3-8(5,6)7;1-2/h4-7H,2-3H2,1H3;1-2H3. The quantitative estimate of drug-likeness (QED) is 0.518. The average Bonchev–Trinajstić information content (AvgIpc) is 1.87. The second kappa shape index (κ2) is 7.30. The Balaban J connectivity index is 0. The summed E-state index contributed by atoms with van der Waals surface area (Å²) in [6, 6.07) is 0. The fourth-order valence-electron chi connectivity index (χ4n) is 0.239. The Kier molecular flexibility index (Phi) is 9.36. The largest absolute Gasteiger partial charge is 0.319 e. The number of rotatable bonds is 3. The van der Waals surface area contributed by atoms with Gasteiger partial charge in [-0.3, -0.25) is 0 Å². The maximum atomic E-state index is 8.30. The van der Waals surface area contributed by atoms with Gasteiger partial charge in [-0.25, -0.2) is 0 Å². The van der Waals surface area contributed by atoms with E-state index in [4.69, 9.17) is 13.7 Å². The fourth-order valence-corrected chi connectivity index (χ4v) is 0.717. The molecule has 0 aliphatic rings. The Morgan fingerprint density at radius 1 is 1.20 bits per heavy atom. The van der Waals surface area contributed by atoms with Crippen LogP contribution in [0.5, 0.6) is 0 Å². The van der Waals surface area contributed by atoms with Crippen molar-refractivity contribution in [1.82, 2.24) is 5.32 Å². The van der Waals surface area contributed by atoms with Gasteiger partial charge in [0.25, 0.3) is 0 Å². The predicted molar refractivity (Wildman–Crippen MR) is 45.6 cm³/mol. The predicted octanol–water partition coefficient (Wildman–Crippen LogP) is 1.46. The van der Waals surface area contributed by atoms with Crippen molar-refractivity contribution in [3.8, 4) is 0 Å². The van der Waals surface area contributed by atoms with Crippen molar-refractivity contribution < 1.29 is 13.7 Å². The molecular weight excluding hydrogens is 154 g/mol. The molecule has 0 aromatic heterocycles. The molecule has 0 saturated heterocycles. The highest BCUT2D eigenvalue weighted by atomic mass is 32.3. The van der Waals surface area contributed by atoms with Crippen LogP contribution in [-0.2, 0) is 0 Å². The second-order valence-corrected chi connectivity index (χ2v) is 3.11. The lowest BCUT2D eigenvalue weighted by atomic mass is 10.8. The molecule has 0 atom stereocenters. The zero-order valence-corrected chi connectivity index (χ0v) is 7.48. The van der Waals surface area contributed by atoms with Crippen LogP contribution in [-0.4, -0.2) is 33.0 Å². The Hall–Kier alpha value is 0.190. The first-order chi connectivity index (χ1) is 4.56. The van der Waals surface area contributed by atoms with E-state index in [-0.39, 0.29) is 5.75 Å². The molecule has 0 fully saturated rings. The molecule has 10 heavy (non-hydrogen) atoms. The topological polar surface area (TPSA) is 72.7 Å². The van der Waals surface area contributed by atoms with Gasteiger partial charge < -0.3 is 19.0 Å². The second-order valence-electron chi connectivity index (χ2n) is 1.44. The van der Waals surface area contributed by atoms with Crippen molar-refractivity contribution in [1.29, 1.82) is 0 Å². The first-order valence-electron chi connectivity index (χ1n) is 3.19. The van der Waals surface area contributed by atoms with Crippen LogP contribution in [0.4, 0.5) is 0 Å². The lowest BCUT2D eigenvalue weighted by Crippen LogP contribution is -2.16. The van der Waals surface area contributed by atoms with Gasteiger partial charge in [-0.05, 0) is 7.05 Å². The zero-order valence-electron chi connectivity index (χ0n) is 6.66. The van der Waals surface area contributed by atoms with Crippen LogP contribution < -0.4 is 5.32 Å². The van der Waals surface area contributed by atoms with Crippen LogP contribution in [0.2, 0.25) is 0 Å². The van der Waals surface area contributed by atoms with Gasteiger partial charge in [0.05, 0.1) is 16.6 Å². The molecule has 66 valence electrons. The maximum Gasteiger partial charge on any atom is 0.0823 e. The number of hydrogen-bond acceptors (Lipinski definition) is 4. The smallest absolute Gasteiger partial charge is 0.0823 e. The number of hydrogen-bond donors (Lipinski definition) is 4. The van der Waals surface area contributed by atoms with Gasteiger partial charge in [-0.1, -0.05) is 13.8 Å². The van der Waals surface area contributed by atoms with Crippen LogP contribution in [0.3, 0.4) is 0 Å². The molecule has 4 nitrogen and oxygen atoms in total. The van der Waals surface area contributed by atoms with E-state index < -0.39 is 10.9 Å². The van der Waals surface area contributed by atoms with Crippen molar-refractivity contribution in [2.24, 2.45) is 0 Å². The molecule has 0 amide bonds. The van der Waals surface area contributed by atoms with Crippen molar-refractivity contribution in [2.75, 3.05) is 19.3 Å². The van der Waals surface area contributed by atoms with Gasteiger partial charge in [0, 0.05) is 6.54 Å². The van der Waals surface area contributed by atoms with Gasteiger partial charge in [0.1, 0.15) is 0 Å². The van der Waals surface area contributed by atoms with E-state index in [1.54, 1.807) is 7.05 Å². The minimum atomic E-state index is -3.25. The molecule has 0 aromatic carbocycles. The summed E-state index contributed by atoms with van der Waals surface area (Å²) in [6.45, 7) is 4.42. The van der Waals surface area contributed by atoms with Crippen LogP contribution in [0.1, 0.15) is 13.8 Å². The Bertz CT molecular complexity index is 64.4. The van der Waals surface area contributed by atoms with Gasteiger partial charge in [-0.15, -0.1) is 0 Å². The summed E-state index contributed by atoms with van der Waals surface area (Å²) in [5.41, 5.74) is 0. The Morgan fingerprint density at radius 2 is 1.60 bits per heavy atom. The lowest BCUT2D eigenvalue weighted by molar-refractivity contribution is 0.375. The van der Waals surface area contributed by atoms with E-state index in [1.165, 1.54) is 0 Å². The van der Waals surface area contributed by atoms with Crippen LogP contribution in [0.25, 0.3) is 0 Å². The lowest BCUT2D eigenvalue weighted by Gasteiger charge is -2.17. The summed E-state index contributed by atoms with van der Waals surface area (Å²) in [6.07, 6.45) is 0. The summed E-state index contributed by atoms with van der Waals surface area (Å²) in [5, 5.41) is 2.67. The highest BCUT2D eigenvalue weighted by Gasteiger charge is 2.08. The van der Waals surface area contributed by atoms with Crippen molar-refractivity contribution >= 4 is 10.9 Å². The summed E-state index contributed by atoms with van der Waals surface area (Å²) in [7, 11) is -1.58. The van der Waals surface area contributed by atoms with Gasteiger partial charge >= 0.3 is 0 Å². The molecule has 0 aliphatic carbocycles. The molecule has 0 saturated carbocycles. The zero-order chi connectivity index (χ0) is 8.62. The van der Waals surface area contributed by atoms with E-state index >= 15 is 0 Å². The van der Waals surface area contributed by atoms with E-state index in [1.807, 2.05) is 13.8 Å². The van der Waals surface area contributed by atoms with Gasteiger partial charge in [0.2, 0.25) is 0 Å². The molecule has 0 radical (unpaired) electrons. The molecule has 0 bridgehead atoms. The van der Waals surface area contributed by atoms with Crippen LogP contribution >= 0.6 is 10.9 Å². The summed E-state index contributed by atoms with van der Waals surface area (Å²) < 4.78 is 24.9. The van der Waals surface area contributed by atoms with Crippen molar-refractivity contribution in [3.63, 3.8) is 0 Å². The molecule has 0 aromatic rings. The molecular formula is C5H17NO3S. The van der Waals surface area contributed by atoms with E-state index in [0.717, 1.165) is 0 Å². The minimum absolute atomic E-state index is 0.00347. The normalized spacial score (nSPS) is 11.8. The van der Waals surface area contributed by atoms with Crippen molar-refractivity contribution in [2.45, 2.75) is 13.8 Å². The Morgan fingerprint density at radius 3 is 1.70 bits per heavy atom. The summed E-state index contributed by atoms with van der Waals surface area (Å²) in [4.78, 5) is 0. The first-order valence-corrected chi connectivity index (χ1v) is 4.86. The molecule has 0 unspecified atom stereocenters. The fraction of sp³-hybridized carbons (Fsp3) is 1.00. The van der Waals surface area contributed by atoms with Crippen molar-refractivity contribution in [3.05, 3.63) is 0 Å². The van der Waals surface area contributed by atoms with E-state index in [0.29, 0.717) is 6.54 Å². The first kappa shape index (κ1) is 12.8. The molecule has 0 aliphatic heterocycles. The average molecular weight is 171 g/mol. The highest BCUT2D eigenvalue weighted by molar-refractivity contribution is 8.19. The van der Waals surface area contributed by atoms with Crippen LogP contribution in [0, 0.1) is 0 Å². The molecule has 5 heteroatoms. The molecule has 0 heterocycles.